The van der Waals surface area contributed by atoms with Crippen LogP contribution in [0.2, 0.25) is 0 Å². The molecule has 6 heteroatoms. The van der Waals surface area contributed by atoms with E-state index in [1.54, 1.807) is 50.1 Å². The fourth-order valence-corrected chi connectivity index (χ4v) is 2.85. The number of nitrogens with one attached hydrogen (secondary N) is 1. The standard InChI is InChI=1S/C20H22N2O4/c1-20(2)19(24)22(16-6-4-5-7-17(16)26-20)13-12-18(23)21-14-8-10-15(25-3)11-9-14/h4-11H,12-13H2,1-3H3,(H,21,23). The molecular formula is C20H22N2O4. The number of carbonyl (C=O) groups excluding carboxylic acids is 2. The summed E-state index contributed by atoms with van der Waals surface area (Å²) in [6.45, 7) is 3.75. The lowest BCUT2D eigenvalue weighted by atomic mass is 10.0. The molecule has 0 saturated carbocycles. The van der Waals surface area contributed by atoms with E-state index in [2.05, 4.69) is 5.32 Å². The maximum absolute atomic E-state index is 12.7. The molecule has 0 aliphatic carbocycles. The molecular weight excluding hydrogens is 332 g/mol. The van der Waals surface area contributed by atoms with Crippen molar-refractivity contribution in [3.63, 3.8) is 0 Å². The zero-order valence-electron chi connectivity index (χ0n) is 15.1. The van der Waals surface area contributed by atoms with Crippen LogP contribution in [0.1, 0.15) is 20.3 Å². The third kappa shape index (κ3) is 3.64. The Morgan fingerprint density at radius 2 is 1.85 bits per heavy atom. The summed E-state index contributed by atoms with van der Waals surface area (Å²) in [5.74, 6) is 1.05. The zero-order valence-corrected chi connectivity index (χ0v) is 15.1. The summed E-state index contributed by atoms with van der Waals surface area (Å²) in [6, 6.07) is 14.5. The maximum atomic E-state index is 12.7. The van der Waals surface area contributed by atoms with Crippen molar-refractivity contribution in [3.8, 4) is 11.5 Å². The van der Waals surface area contributed by atoms with Crippen LogP contribution < -0.4 is 19.7 Å². The van der Waals surface area contributed by atoms with Crippen LogP contribution in [0.4, 0.5) is 11.4 Å². The molecule has 0 atom stereocenters. The van der Waals surface area contributed by atoms with Gasteiger partial charge in [0.15, 0.2) is 5.60 Å². The highest BCUT2D eigenvalue weighted by atomic mass is 16.5. The number of rotatable bonds is 5. The van der Waals surface area contributed by atoms with Gasteiger partial charge in [-0.3, -0.25) is 9.59 Å². The average molecular weight is 354 g/mol. The minimum absolute atomic E-state index is 0.159. The lowest BCUT2D eigenvalue weighted by Gasteiger charge is -2.38. The van der Waals surface area contributed by atoms with Crippen LogP contribution in [-0.4, -0.2) is 31.1 Å². The Kier molecular flexibility index (Phi) is 4.84. The molecule has 2 aromatic rings. The van der Waals surface area contributed by atoms with Gasteiger partial charge in [-0.2, -0.15) is 0 Å². The monoisotopic (exact) mass is 354 g/mol. The van der Waals surface area contributed by atoms with E-state index < -0.39 is 5.60 Å². The number of nitrogens with zero attached hydrogens (tertiary/aromatic N) is 1. The van der Waals surface area contributed by atoms with E-state index >= 15 is 0 Å². The first kappa shape index (κ1) is 17.8. The van der Waals surface area contributed by atoms with E-state index in [1.807, 2.05) is 24.3 Å². The van der Waals surface area contributed by atoms with Crippen molar-refractivity contribution >= 4 is 23.2 Å². The van der Waals surface area contributed by atoms with Crippen molar-refractivity contribution < 1.29 is 19.1 Å². The summed E-state index contributed by atoms with van der Waals surface area (Å²) in [5, 5.41) is 2.83. The zero-order chi connectivity index (χ0) is 18.7. The molecule has 0 radical (unpaired) electrons. The number of hydrogen-bond acceptors (Lipinski definition) is 4. The highest BCUT2D eigenvalue weighted by molar-refractivity contribution is 6.03. The minimum atomic E-state index is -0.958. The molecule has 0 bridgehead atoms. The second-order valence-electron chi connectivity index (χ2n) is 6.56. The number of amides is 2. The molecule has 136 valence electrons. The van der Waals surface area contributed by atoms with Gasteiger partial charge in [0.2, 0.25) is 5.91 Å². The Morgan fingerprint density at radius 1 is 1.15 bits per heavy atom. The van der Waals surface area contributed by atoms with E-state index in [0.29, 0.717) is 17.1 Å². The third-order valence-electron chi connectivity index (χ3n) is 4.22. The number of para-hydroxylation sites is 2. The van der Waals surface area contributed by atoms with Crippen LogP contribution in [0.25, 0.3) is 0 Å². The molecule has 1 heterocycles. The Bertz CT molecular complexity index is 815. The molecule has 26 heavy (non-hydrogen) atoms. The van der Waals surface area contributed by atoms with E-state index in [1.165, 1.54) is 0 Å². The summed E-state index contributed by atoms with van der Waals surface area (Å²) in [5.41, 5.74) is 0.416. The number of anilines is 2. The second-order valence-corrected chi connectivity index (χ2v) is 6.56. The molecule has 0 spiro atoms. The summed E-state index contributed by atoms with van der Waals surface area (Å²) in [6.07, 6.45) is 0.183. The Balaban J connectivity index is 1.67. The number of carbonyl (C=O) groups is 2. The second kappa shape index (κ2) is 7.07. The van der Waals surface area contributed by atoms with Gasteiger partial charge in [-0.05, 0) is 50.2 Å². The first-order valence-electron chi connectivity index (χ1n) is 8.44. The number of fused-ring (bicyclic) bond motifs is 1. The normalized spacial score (nSPS) is 15.0. The molecule has 0 fully saturated rings. The molecule has 1 N–H and O–H groups in total. The van der Waals surface area contributed by atoms with Crippen LogP contribution in [0.15, 0.2) is 48.5 Å². The van der Waals surface area contributed by atoms with E-state index in [0.717, 1.165) is 5.75 Å². The minimum Gasteiger partial charge on any atom is -0.497 e. The van der Waals surface area contributed by atoms with Gasteiger partial charge < -0.3 is 19.7 Å². The first-order valence-corrected chi connectivity index (χ1v) is 8.44. The number of hydrogen-bond donors (Lipinski definition) is 1. The SMILES string of the molecule is COc1ccc(NC(=O)CCN2C(=O)C(C)(C)Oc3ccccc32)cc1. The van der Waals surface area contributed by atoms with E-state index in [9.17, 15) is 9.59 Å². The van der Waals surface area contributed by atoms with E-state index in [-0.39, 0.29) is 24.8 Å². The van der Waals surface area contributed by atoms with Crippen molar-refractivity contribution in [2.75, 3.05) is 23.9 Å². The van der Waals surface area contributed by atoms with Crippen molar-refractivity contribution in [1.82, 2.24) is 0 Å². The smallest absolute Gasteiger partial charge is 0.270 e. The predicted molar refractivity (Wildman–Crippen MR) is 99.7 cm³/mol. The summed E-state index contributed by atoms with van der Waals surface area (Å²) in [4.78, 5) is 26.6. The van der Waals surface area contributed by atoms with Gasteiger partial charge >= 0.3 is 0 Å². The molecule has 2 aromatic carbocycles. The van der Waals surface area contributed by atoms with Crippen molar-refractivity contribution in [2.45, 2.75) is 25.9 Å². The van der Waals surface area contributed by atoms with Crippen molar-refractivity contribution in [1.29, 1.82) is 0 Å². The van der Waals surface area contributed by atoms with Gasteiger partial charge in [0.25, 0.3) is 5.91 Å². The van der Waals surface area contributed by atoms with Gasteiger partial charge in [-0.15, -0.1) is 0 Å². The summed E-state index contributed by atoms with van der Waals surface area (Å²) in [7, 11) is 1.59. The average Bonchev–Trinajstić information content (AvgIpc) is 2.62. The molecule has 3 rings (SSSR count). The Morgan fingerprint density at radius 3 is 2.54 bits per heavy atom. The summed E-state index contributed by atoms with van der Waals surface area (Å²) >= 11 is 0. The first-order chi connectivity index (χ1) is 12.4. The predicted octanol–water partition coefficient (Wildman–Crippen LogP) is 3.23. The fraction of sp³-hybridized carbons (Fsp3) is 0.300. The van der Waals surface area contributed by atoms with Crippen LogP contribution in [0, 0.1) is 0 Å². The van der Waals surface area contributed by atoms with Crippen LogP contribution in [0.3, 0.4) is 0 Å². The molecule has 0 aromatic heterocycles. The highest BCUT2D eigenvalue weighted by Gasteiger charge is 2.40. The van der Waals surface area contributed by atoms with Crippen LogP contribution in [0.5, 0.6) is 11.5 Å². The maximum Gasteiger partial charge on any atom is 0.270 e. The van der Waals surface area contributed by atoms with Crippen molar-refractivity contribution in [2.24, 2.45) is 0 Å². The van der Waals surface area contributed by atoms with Gasteiger partial charge in [0, 0.05) is 18.7 Å². The molecule has 0 saturated heterocycles. The summed E-state index contributed by atoms with van der Waals surface area (Å²) < 4.78 is 10.9. The third-order valence-corrected chi connectivity index (χ3v) is 4.22. The van der Waals surface area contributed by atoms with Crippen molar-refractivity contribution in [3.05, 3.63) is 48.5 Å². The Hall–Kier alpha value is -3.02. The van der Waals surface area contributed by atoms with Crippen LogP contribution >= 0.6 is 0 Å². The molecule has 6 nitrogen and oxygen atoms in total. The van der Waals surface area contributed by atoms with Gasteiger partial charge in [-0.1, -0.05) is 12.1 Å². The quantitative estimate of drug-likeness (QED) is 0.895. The number of ether oxygens (including phenoxy) is 2. The molecule has 1 aliphatic rings. The number of benzene rings is 2. The van der Waals surface area contributed by atoms with Crippen LogP contribution in [-0.2, 0) is 9.59 Å². The van der Waals surface area contributed by atoms with Gasteiger partial charge in [0.1, 0.15) is 11.5 Å². The lowest BCUT2D eigenvalue weighted by molar-refractivity contribution is -0.132. The van der Waals surface area contributed by atoms with E-state index in [4.69, 9.17) is 9.47 Å². The van der Waals surface area contributed by atoms with Gasteiger partial charge in [0.05, 0.1) is 12.8 Å². The van der Waals surface area contributed by atoms with Gasteiger partial charge in [-0.25, -0.2) is 0 Å². The Labute approximate surface area is 152 Å². The molecule has 2 amide bonds. The topological polar surface area (TPSA) is 67.9 Å². The lowest BCUT2D eigenvalue weighted by Crippen LogP contribution is -2.53. The largest absolute Gasteiger partial charge is 0.497 e. The molecule has 1 aliphatic heterocycles. The number of methoxy groups -OCH3 is 1. The fourth-order valence-electron chi connectivity index (χ4n) is 2.85. The highest BCUT2D eigenvalue weighted by Crippen LogP contribution is 2.37. The molecule has 0 unspecified atom stereocenters.